The van der Waals surface area contributed by atoms with Crippen LogP contribution in [0.1, 0.15) is 40.0 Å². The van der Waals surface area contributed by atoms with Gasteiger partial charge in [-0.1, -0.05) is 13.3 Å². The van der Waals surface area contributed by atoms with Gasteiger partial charge in [-0.2, -0.15) is 0 Å². The second-order valence-electron chi connectivity index (χ2n) is 2.32. The highest BCUT2D eigenvalue weighted by molar-refractivity contribution is 5.75. The maximum atomic E-state index is 10.2. The number of carboxylic acid groups (broad SMARTS) is 1. The summed E-state index contributed by atoms with van der Waals surface area (Å²) in [5.41, 5.74) is 0. The Kier molecular flexibility index (Phi) is 10.6. The summed E-state index contributed by atoms with van der Waals surface area (Å²) in [6, 6.07) is 0. The summed E-state index contributed by atoms with van der Waals surface area (Å²) in [6.45, 7) is 4.80. The maximum absolute atomic E-state index is 10.2. The lowest BCUT2D eigenvalue weighted by molar-refractivity contribution is -0.134. The standard InChI is InChI=1S/C6H12O.C2H4O2/c1-3-4-5-6(2)7;1-2(3)4/h3-5H2,1-2H3;1H3,(H,3,4). The fourth-order valence-corrected chi connectivity index (χ4v) is 0.426. The van der Waals surface area contributed by atoms with Gasteiger partial charge >= 0.3 is 0 Å². The van der Waals surface area contributed by atoms with Crippen molar-refractivity contribution in [1.29, 1.82) is 0 Å². The Morgan fingerprint density at radius 1 is 1.27 bits per heavy atom. The third-order valence-electron chi connectivity index (χ3n) is 0.882. The summed E-state index contributed by atoms with van der Waals surface area (Å²) >= 11 is 0. The minimum atomic E-state index is -0.833. The van der Waals surface area contributed by atoms with Crippen molar-refractivity contribution in [3.8, 4) is 0 Å². The SMILES string of the molecule is CC(=O)O.CCCCC(C)=O. The fraction of sp³-hybridized carbons (Fsp3) is 0.750. The van der Waals surface area contributed by atoms with Crippen molar-refractivity contribution >= 4 is 11.8 Å². The van der Waals surface area contributed by atoms with Crippen molar-refractivity contribution in [2.75, 3.05) is 0 Å². The first-order valence-corrected chi connectivity index (χ1v) is 3.69. The van der Waals surface area contributed by atoms with E-state index in [2.05, 4.69) is 6.92 Å². The molecule has 0 aromatic heterocycles. The van der Waals surface area contributed by atoms with Gasteiger partial charge < -0.3 is 9.90 Å². The van der Waals surface area contributed by atoms with Crippen LogP contribution in [0.3, 0.4) is 0 Å². The Morgan fingerprint density at radius 2 is 1.64 bits per heavy atom. The van der Waals surface area contributed by atoms with Gasteiger partial charge in [-0.15, -0.1) is 0 Å². The average molecular weight is 160 g/mol. The second-order valence-corrected chi connectivity index (χ2v) is 2.32. The first-order valence-electron chi connectivity index (χ1n) is 3.69. The number of carboxylic acids is 1. The van der Waals surface area contributed by atoms with Crippen molar-refractivity contribution in [3.63, 3.8) is 0 Å². The molecule has 11 heavy (non-hydrogen) atoms. The predicted octanol–water partition coefficient (Wildman–Crippen LogP) is 1.86. The molecule has 0 aliphatic rings. The molecule has 0 amide bonds. The third-order valence-corrected chi connectivity index (χ3v) is 0.882. The van der Waals surface area contributed by atoms with Gasteiger partial charge in [-0.05, 0) is 13.3 Å². The number of Topliss-reactive ketones (excluding diaryl/α,β-unsaturated/α-hetero) is 1. The molecule has 0 bridgehead atoms. The molecule has 0 aliphatic heterocycles. The summed E-state index contributed by atoms with van der Waals surface area (Å²) in [5, 5.41) is 7.42. The Labute approximate surface area is 67.4 Å². The molecule has 0 aromatic carbocycles. The smallest absolute Gasteiger partial charge is 0.300 e. The fourth-order valence-electron chi connectivity index (χ4n) is 0.426. The molecule has 66 valence electrons. The van der Waals surface area contributed by atoms with E-state index in [0.29, 0.717) is 5.78 Å². The van der Waals surface area contributed by atoms with Gasteiger partial charge in [-0.25, -0.2) is 0 Å². The van der Waals surface area contributed by atoms with E-state index in [1.165, 1.54) is 0 Å². The summed E-state index contributed by atoms with van der Waals surface area (Å²) in [6.07, 6.45) is 2.94. The molecule has 0 aromatic rings. The second kappa shape index (κ2) is 9.14. The molecule has 0 fully saturated rings. The summed E-state index contributed by atoms with van der Waals surface area (Å²) < 4.78 is 0. The highest BCUT2D eigenvalue weighted by Crippen LogP contribution is 1.92. The largest absolute Gasteiger partial charge is 0.481 e. The number of ketones is 1. The molecular weight excluding hydrogens is 144 g/mol. The predicted molar refractivity (Wildman–Crippen MR) is 43.5 cm³/mol. The van der Waals surface area contributed by atoms with Crippen molar-refractivity contribution in [2.24, 2.45) is 0 Å². The van der Waals surface area contributed by atoms with Crippen molar-refractivity contribution in [1.82, 2.24) is 0 Å². The van der Waals surface area contributed by atoms with Gasteiger partial charge in [0.25, 0.3) is 5.97 Å². The highest BCUT2D eigenvalue weighted by atomic mass is 16.4. The van der Waals surface area contributed by atoms with E-state index >= 15 is 0 Å². The number of hydrogen-bond acceptors (Lipinski definition) is 2. The normalized spacial score (nSPS) is 7.91. The van der Waals surface area contributed by atoms with Gasteiger partial charge in [0.05, 0.1) is 0 Å². The quantitative estimate of drug-likeness (QED) is 0.685. The molecule has 1 N–H and O–H groups in total. The van der Waals surface area contributed by atoms with Crippen LogP contribution in [0.2, 0.25) is 0 Å². The zero-order valence-electron chi connectivity index (χ0n) is 7.39. The number of carbonyl (C=O) groups is 2. The molecule has 0 rings (SSSR count). The lowest BCUT2D eigenvalue weighted by Crippen LogP contribution is -1.86. The van der Waals surface area contributed by atoms with Gasteiger partial charge in [0.1, 0.15) is 5.78 Å². The molecule has 0 atom stereocenters. The molecule has 0 saturated heterocycles. The van der Waals surface area contributed by atoms with Crippen LogP contribution in [0.5, 0.6) is 0 Å². The molecule has 3 heteroatoms. The summed E-state index contributed by atoms with van der Waals surface area (Å²) in [4.78, 5) is 19.2. The van der Waals surface area contributed by atoms with Crippen LogP contribution < -0.4 is 0 Å². The Bertz CT molecular complexity index is 115. The van der Waals surface area contributed by atoms with E-state index in [4.69, 9.17) is 9.90 Å². The zero-order chi connectivity index (χ0) is 9.28. The van der Waals surface area contributed by atoms with E-state index in [9.17, 15) is 4.79 Å². The molecule has 0 spiro atoms. The van der Waals surface area contributed by atoms with Crippen LogP contribution in [-0.2, 0) is 9.59 Å². The van der Waals surface area contributed by atoms with Crippen LogP contribution in [0.15, 0.2) is 0 Å². The maximum Gasteiger partial charge on any atom is 0.300 e. The molecule has 0 unspecified atom stereocenters. The molecule has 0 saturated carbocycles. The van der Waals surface area contributed by atoms with Crippen molar-refractivity contribution < 1.29 is 14.7 Å². The van der Waals surface area contributed by atoms with E-state index in [-0.39, 0.29) is 0 Å². The van der Waals surface area contributed by atoms with Crippen molar-refractivity contribution in [3.05, 3.63) is 0 Å². The molecule has 0 radical (unpaired) electrons. The number of rotatable bonds is 3. The van der Waals surface area contributed by atoms with Gasteiger partial charge in [0.2, 0.25) is 0 Å². The Hall–Kier alpha value is -0.860. The van der Waals surface area contributed by atoms with Crippen LogP contribution >= 0.6 is 0 Å². The third kappa shape index (κ3) is 47.3. The summed E-state index contributed by atoms with van der Waals surface area (Å²) in [7, 11) is 0. The van der Waals surface area contributed by atoms with Crippen molar-refractivity contribution in [2.45, 2.75) is 40.0 Å². The Morgan fingerprint density at radius 3 is 1.73 bits per heavy atom. The monoisotopic (exact) mass is 160 g/mol. The van der Waals surface area contributed by atoms with Crippen LogP contribution in [0.4, 0.5) is 0 Å². The topological polar surface area (TPSA) is 54.4 Å². The molecule has 0 aliphatic carbocycles. The summed E-state index contributed by atoms with van der Waals surface area (Å²) in [5.74, 6) is -0.526. The first kappa shape index (κ1) is 12.8. The average Bonchev–Trinajstić information content (AvgIpc) is 1.82. The number of unbranched alkanes of at least 4 members (excludes halogenated alkanes) is 1. The zero-order valence-corrected chi connectivity index (χ0v) is 7.39. The van der Waals surface area contributed by atoms with Crippen LogP contribution in [0.25, 0.3) is 0 Å². The number of hydrogen-bond donors (Lipinski definition) is 1. The first-order chi connectivity index (χ1) is 5.00. The highest BCUT2D eigenvalue weighted by Gasteiger charge is 1.87. The van der Waals surface area contributed by atoms with E-state index < -0.39 is 5.97 Å². The molecule has 3 nitrogen and oxygen atoms in total. The number of aliphatic carboxylic acids is 1. The minimum Gasteiger partial charge on any atom is -0.481 e. The van der Waals surface area contributed by atoms with E-state index in [0.717, 1.165) is 26.2 Å². The lowest BCUT2D eigenvalue weighted by atomic mass is 10.2. The van der Waals surface area contributed by atoms with E-state index in [1.807, 2.05) is 0 Å². The van der Waals surface area contributed by atoms with E-state index in [1.54, 1.807) is 6.92 Å². The minimum absolute atomic E-state index is 0.307. The van der Waals surface area contributed by atoms with Gasteiger partial charge in [-0.3, -0.25) is 4.79 Å². The van der Waals surface area contributed by atoms with Gasteiger partial charge in [0, 0.05) is 13.3 Å². The molecule has 0 heterocycles. The number of carbonyl (C=O) groups excluding carboxylic acids is 1. The van der Waals surface area contributed by atoms with Gasteiger partial charge in [0.15, 0.2) is 0 Å². The lowest BCUT2D eigenvalue weighted by Gasteiger charge is -1.86. The Balaban J connectivity index is 0. The van der Waals surface area contributed by atoms with Crippen LogP contribution in [0, 0.1) is 0 Å². The van der Waals surface area contributed by atoms with Crippen LogP contribution in [-0.4, -0.2) is 16.9 Å². The molecular formula is C8H16O3.